The summed E-state index contributed by atoms with van der Waals surface area (Å²) >= 11 is 1.85. The summed E-state index contributed by atoms with van der Waals surface area (Å²) in [6, 6.07) is 25.3. The maximum Gasteiger partial charge on any atom is 0.251 e. The van der Waals surface area contributed by atoms with E-state index in [1.165, 1.54) is 34.4 Å². The zero-order valence-electron chi connectivity index (χ0n) is 18.1. The highest BCUT2D eigenvalue weighted by Crippen LogP contribution is 2.28. The molecule has 0 atom stereocenters. The Labute approximate surface area is 189 Å². The number of fused-ring (bicyclic) bond motifs is 1. The van der Waals surface area contributed by atoms with E-state index in [9.17, 15) is 4.79 Å². The average Bonchev–Trinajstić information content (AvgIpc) is 2.79. The quantitative estimate of drug-likeness (QED) is 0.471. The molecule has 0 bridgehead atoms. The van der Waals surface area contributed by atoms with Crippen molar-refractivity contribution in [1.82, 2.24) is 5.32 Å². The number of hydrogen-bond acceptors (Lipinski definition) is 3. The second kappa shape index (κ2) is 10.5. The number of anilines is 1. The van der Waals surface area contributed by atoms with Crippen LogP contribution in [0.3, 0.4) is 0 Å². The fraction of sp³-hybridized carbons (Fsp3) is 0.296. The van der Waals surface area contributed by atoms with Crippen molar-refractivity contribution in [3.05, 3.63) is 101 Å². The van der Waals surface area contributed by atoms with Crippen molar-refractivity contribution in [2.75, 3.05) is 23.7 Å². The van der Waals surface area contributed by atoms with E-state index in [0.29, 0.717) is 6.54 Å². The molecular weight excluding hydrogens is 400 g/mol. The summed E-state index contributed by atoms with van der Waals surface area (Å²) in [5.74, 6) is 1.89. The van der Waals surface area contributed by atoms with E-state index >= 15 is 0 Å². The first-order valence-electron chi connectivity index (χ1n) is 11.0. The molecule has 3 nitrogen and oxygen atoms in total. The van der Waals surface area contributed by atoms with E-state index in [2.05, 4.69) is 77.8 Å². The number of nitrogens with one attached hydrogen (secondary N) is 1. The molecule has 0 aromatic heterocycles. The minimum absolute atomic E-state index is 0.00558. The van der Waals surface area contributed by atoms with E-state index in [1.54, 1.807) is 0 Å². The van der Waals surface area contributed by atoms with Gasteiger partial charge in [-0.1, -0.05) is 60.2 Å². The molecule has 3 aromatic carbocycles. The molecule has 0 fully saturated rings. The molecule has 4 heteroatoms. The van der Waals surface area contributed by atoms with Crippen LogP contribution in [0, 0.1) is 6.92 Å². The Morgan fingerprint density at radius 1 is 1.00 bits per heavy atom. The van der Waals surface area contributed by atoms with Gasteiger partial charge in [0.05, 0.1) is 0 Å². The Kier molecular flexibility index (Phi) is 7.31. The third kappa shape index (κ3) is 5.92. The summed E-state index contributed by atoms with van der Waals surface area (Å²) < 4.78 is 0. The molecule has 0 radical (unpaired) electrons. The Bertz CT molecular complexity index is 1020. The fourth-order valence-electron chi connectivity index (χ4n) is 4.09. The number of carbonyl (C=O) groups excluding carboxylic acids is 1. The molecular formula is C27H30N2OS. The second-order valence-corrected chi connectivity index (χ2v) is 9.25. The van der Waals surface area contributed by atoms with Gasteiger partial charge in [-0.05, 0) is 54.7 Å². The van der Waals surface area contributed by atoms with Crippen molar-refractivity contribution in [2.24, 2.45) is 0 Å². The minimum atomic E-state index is 0.00558. The molecule has 3 aromatic rings. The maximum absolute atomic E-state index is 12.5. The molecule has 1 aliphatic rings. The lowest BCUT2D eigenvalue weighted by atomic mass is 10.0. The number of carbonyl (C=O) groups is 1. The molecule has 0 spiro atoms. The summed E-state index contributed by atoms with van der Waals surface area (Å²) in [5.41, 5.74) is 7.37. The zero-order chi connectivity index (χ0) is 21.5. The average molecular weight is 431 g/mol. The van der Waals surface area contributed by atoms with Gasteiger partial charge in [0.1, 0.15) is 0 Å². The Morgan fingerprint density at radius 2 is 1.84 bits per heavy atom. The number of hydrogen-bond donors (Lipinski definition) is 1. The van der Waals surface area contributed by atoms with Gasteiger partial charge in [-0.2, -0.15) is 11.8 Å². The number of aryl methyl sites for hydroxylation is 2. The molecule has 0 aliphatic carbocycles. The van der Waals surface area contributed by atoms with Crippen molar-refractivity contribution in [2.45, 2.75) is 32.1 Å². The predicted octanol–water partition coefficient (Wildman–Crippen LogP) is 5.61. The van der Waals surface area contributed by atoms with Crippen LogP contribution in [-0.2, 0) is 18.7 Å². The van der Waals surface area contributed by atoms with Gasteiger partial charge in [0, 0.05) is 42.4 Å². The van der Waals surface area contributed by atoms with Gasteiger partial charge in [-0.25, -0.2) is 0 Å². The maximum atomic E-state index is 12.5. The van der Waals surface area contributed by atoms with Gasteiger partial charge >= 0.3 is 0 Å². The summed E-state index contributed by atoms with van der Waals surface area (Å²) in [4.78, 5) is 14.9. The van der Waals surface area contributed by atoms with Crippen molar-refractivity contribution >= 4 is 23.4 Å². The van der Waals surface area contributed by atoms with Crippen LogP contribution in [0.25, 0.3) is 0 Å². The third-order valence-electron chi connectivity index (χ3n) is 5.68. The van der Waals surface area contributed by atoms with Crippen molar-refractivity contribution < 1.29 is 4.79 Å². The molecule has 1 amide bonds. The lowest BCUT2D eigenvalue weighted by molar-refractivity contribution is 0.0956. The van der Waals surface area contributed by atoms with E-state index in [-0.39, 0.29) is 5.91 Å². The minimum Gasteiger partial charge on any atom is -0.367 e. The SMILES string of the molecule is Cc1cccc(CSCCNC(=O)c2ccc(CN3CCCc4ccccc43)cc2)c1. The van der Waals surface area contributed by atoms with E-state index in [4.69, 9.17) is 0 Å². The molecule has 31 heavy (non-hydrogen) atoms. The highest BCUT2D eigenvalue weighted by molar-refractivity contribution is 7.98. The molecule has 1 aliphatic heterocycles. The monoisotopic (exact) mass is 430 g/mol. The fourth-order valence-corrected chi connectivity index (χ4v) is 4.89. The first-order chi connectivity index (χ1) is 15.2. The Hall–Kier alpha value is -2.72. The predicted molar refractivity (Wildman–Crippen MR) is 132 cm³/mol. The van der Waals surface area contributed by atoms with Crippen molar-refractivity contribution in [3.8, 4) is 0 Å². The van der Waals surface area contributed by atoms with E-state index < -0.39 is 0 Å². The largest absolute Gasteiger partial charge is 0.367 e. The van der Waals surface area contributed by atoms with Crippen LogP contribution in [-0.4, -0.2) is 24.7 Å². The molecule has 0 unspecified atom stereocenters. The van der Waals surface area contributed by atoms with Crippen LogP contribution in [0.1, 0.15) is 39.0 Å². The van der Waals surface area contributed by atoms with Crippen LogP contribution in [0.5, 0.6) is 0 Å². The van der Waals surface area contributed by atoms with Gasteiger partial charge in [-0.3, -0.25) is 4.79 Å². The molecule has 0 saturated heterocycles. The number of para-hydroxylation sites is 1. The van der Waals surface area contributed by atoms with Gasteiger partial charge in [0.15, 0.2) is 0 Å². The molecule has 4 rings (SSSR count). The van der Waals surface area contributed by atoms with Crippen LogP contribution in [0.4, 0.5) is 5.69 Å². The van der Waals surface area contributed by atoms with E-state index in [1.807, 2.05) is 23.9 Å². The first-order valence-corrected chi connectivity index (χ1v) is 12.2. The van der Waals surface area contributed by atoms with Gasteiger partial charge in [0.2, 0.25) is 0 Å². The van der Waals surface area contributed by atoms with Crippen molar-refractivity contribution in [1.29, 1.82) is 0 Å². The van der Waals surface area contributed by atoms with Crippen LogP contribution in [0.15, 0.2) is 72.8 Å². The molecule has 160 valence electrons. The van der Waals surface area contributed by atoms with E-state index in [0.717, 1.165) is 36.6 Å². The van der Waals surface area contributed by atoms with Gasteiger partial charge < -0.3 is 10.2 Å². The standard InChI is InChI=1S/C27H30N2OS/c1-21-6-4-7-23(18-21)20-31-17-15-28-27(30)25-13-11-22(12-14-25)19-29-16-5-9-24-8-2-3-10-26(24)29/h2-4,6-8,10-14,18H,5,9,15-17,19-20H2,1H3,(H,28,30). The van der Waals surface area contributed by atoms with Gasteiger partial charge in [0.25, 0.3) is 5.91 Å². The van der Waals surface area contributed by atoms with Crippen molar-refractivity contribution in [3.63, 3.8) is 0 Å². The Balaban J connectivity index is 1.23. The number of amides is 1. The molecule has 0 saturated carbocycles. The highest BCUT2D eigenvalue weighted by Gasteiger charge is 2.16. The molecule has 1 heterocycles. The summed E-state index contributed by atoms with van der Waals surface area (Å²) in [6.45, 7) is 4.76. The Morgan fingerprint density at radius 3 is 2.68 bits per heavy atom. The lowest BCUT2D eigenvalue weighted by Gasteiger charge is -2.31. The molecule has 1 N–H and O–H groups in total. The number of thioether (sulfide) groups is 1. The third-order valence-corrected chi connectivity index (χ3v) is 6.71. The van der Waals surface area contributed by atoms with Gasteiger partial charge in [-0.15, -0.1) is 0 Å². The summed E-state index contributed by atoms with van der Waals surface area (Å²) in [7, 11) is 0. The smallest absolute Gasteiger partial charge is 0.251 e. The normalized spacial score (nSPS) is 13.0. The summed E-state index contributed by atoms with van der Waals surface area (Å²) in [5, 5.41) is 3.04. The van der Waals surface area contributed by atoms with Crippen LogP contribution in [0.2, 0.25) is 0 Å². The topological polar surface area (TPSA) is 32.3 Å². The zero-order valence-corrected chi connectivity index (χ0v) is 19.0. The number of benzene rings is 3. The first kappa shape index (κ1) is 21.5. The number of rotatable bonds is 8. The van der Waals surface area contributed by atoms with Crippen LogP contribution >= 0.6 is 11.8 Å². The number of nitrogens with zero attached hydrogens (tertiary/aromatic N) is 1. The second-order valence-electron chi connectivity index (χ2n) is 8.15. The summed E-state index contributed by atoms with van der Waals surface area (Å²) in [6.07, 6.45) is 2.36. The van der Waals surface area contributed by atoms with Crippen LogP contribution < -0.4 is 10.2 Å². The lowest BCUT2D eigenvalue weighted by Crippen LogP contribution is -2.29. The highest BCUT2D eigenvalue weighted by atomic mass is 32.2.